The SMILES string of the molecule is Cc1ccc(S(=O)(=O)OCCOCCCCc2ccc(S(=O)(=O)O)cc2)cc1. The first-order valence-corrected chi connectivity index (χ1v) is 11.6. The highest BCUT2D eigenvalue weighted by atomic mass is 32.2. The fraction of sp³-hybridized carbons (Fsp3) is 0.368. The molecule has 2 aromatic rings. The predicted octanol–water partition coefficient (Wildman–Crippen LogP) is 2.99. The number of benzene rings is 2. The van der Waals surface area contributed by atoms with Crippen LogP contribution in [0.5, 0.6) is 0 Å². The van der Waals surface area contributed by atoms with Gasteiger partial charge in [0.2, 0.25) is 0 Å². The summed E-state index contributed by atoms with van der Waals surface area (Å²) in [5.74, 6) is 0. The van der Waals surface area contributed by atoms with Gasteiger partial charge in [-0.1, -0.05) is 29.8 Å². The van der Waals surface area contributed by atoms with E-state index < -0.39 is 20.2 Å². The smallest absolute Gasteiger partial charge is 0.297 e. The van der Waals surface area contributed by atoms with Gasteiger partial charge in [0.15, 0.2) is 0 Å². The molecule has 7 nitrogen and oxygen atoms in total. The molecule has 28 heavy (non-hydrogen) atoms. The van der Waals surface area contributed by atoms with Crippen LogP contribution in [-0.4, -0.2) is 41.2 Å². The molecule has 0 aliphatic rings. The fourth-order valence-corrected chi connectivity index (χ4v) is 3.81. The second-order valence-corrected chi connectivity index (χ2v) is 9.31. The van der Waals surface area contributed by atoms with E-state index in [-0.39, 0.29) is 23.0 Å². The third kappa shape index (κ3) is 7.33. The van der Waals surface area contributed by atoms with Crippen LogP contribution in [0.25, 0.3) is 0 Å². The molecule has 0 saturated heterocycles. The van der Waals surface area contributed by atoms with Crippen LogP contribution in [0.1, 0.15) is 24.0 Å². The first-order valence-electron chi connectivity index (χ1n) is 8.79. The Labute approximate surface area is 166 Å². The molecule has 0 spiro atoms. The predicted molar refractivity (Wildman–Crippen MR) is 104 cm³/mol. The fourth-order valence-electron chi connectivity index (χ4n) is 2.44. The Kier molecular flexibility index (Phi) is 8.14. The van der Waals surface area contributed by atoms with Gasteiger partial charge in [0.1, 0.15) is 0 Å². The second-order valence-electron chi connectivity index (χ2n) is 6.28. The molecule has 0 amide bonds. The van der Waals surface area contributed by atoms with E-state index >= 15 is 0 Å². The standard InChI is InChI=1S/C19H24O7S2/c1-16-5-9-19(10-6-16)28(23,24)26-15-14-25-13-3-2-4-17-7-11-18(12-8-17)27(20,21)22/h5-12H,2-4,13-15H2,1H3,(H,20,21,22). The molecule has 0 fully saturated rings. The third-order valence-corrected chi connectivity index (χ3v) is 6.20. The van der Waals surface area contributed by atoms with Gasteiger partial charge >= 0.3 is 0 Å². The average molecular weight is 429 g/mol. The van der Waals surface area contributed by atoms with Crippen molar-refractivity contribution in [3.63, 3.8) is 0 Å². The minimum atomic E-state index is -4.16. The molecular weight excluding hydrogens is 404 g/mol. The van der Waals surface area contributed by atoms with Gasteiger partial charge in [-0.15, -0.1) is 0 Å². The molecule has 0 aromatic heterocycles. The van der Waals surface area contributed by atoms with Crippen molar-refractivity contribution in [2.24, 2.45) is 0 Å². The van der Waals surface area contributed by atoms with Crippen LogP contribution < -0.4 is 0 Å². The van der Waals surface area contributed by atoms with Gasteiger partial charge in [-0.25, -0.2) is 0 Å². The zero-order valence-corrected chi connectivity index (χ0v) is 17.2. The summed E-state index contributed by atoms with van der Waals surface area (Å²) in [6.07, 6.45) is 2.34. The first-order chi connectivity index (χ1) is 13.2. The Balaban J connectivity index is 1.60. The normalized spacial score (nSPS) is 12.2. The van der Waals surface area contributed by atoms with Crippen molar-refractivity contribution >= 4 is 20.2 Å². The lowest BCUT2D eigenvalue weighted by Gasteiger charge is -2.07. The Morgan fingerprint density at radius 3 is 2.00 bits per heavy atom. The molecule has 0 bridgehead atoms. The molecule has 1 N–H and O–H groups in total. The van der Waals surface area contributed by atoms with Crippen molar-refractivity contribution in [2.45, 2.75) is 36.0 Å². The minimum Gasteiger partial charge on any atom is -0.379 e. The van der Waals surface area contributed by atoms with E-state index in [1.54, 1.807) is 24.3 Å². The number of ether oxygens (including phenoxy) is 1. The maximum absolute atomic E-state index is 12.0. The number of unbranched alkanes of at least 4 members (excludes halogenated alkanes) is 1. The highest BCUT2D eigenvalue weighted by molar-refractivity contribution is 7.86. The maximum atomic E-state index is 12.0. The Bertz CT molecular complexity index is 948. The molecule has 0 aliphatic heterocycles. The summed E-state index contributed by atoms with van der Waals surface area (Å²) in [5, 5.41) is 0. The highest BCUT2D eigenvalue weighted by Crippen LogP contribution is 2.14. The van der Waals surface area contributed by atoms with Crippen molar-refractivity contribution < 1.29 is 30.3 Å². The summed E-state index contributed by atoms with van der Waals surface area (Å²) < 4.78 is 65.2. The van der Waals surface area contributed by atoms with Gasteiger partial charge in [-0.2, -0.15) is 16.8 Å². The molecule has 0 unspecified atom stereocenters. The summed E-state index contributed by atoms with van der Waals surface area (Å²) in [6.45, 7) is 2.47. The van der Waals surface area contributed by atoms with Crippen molar-refractivity contribution in [3.05, 3.63) is 59.7 Å². The molecule has 0 heterocycles. The van der Waals surface area contributed by atoms with Gasteiger partial charge in [-0.3, -0.25) is 8.74 Å². The van der Waals surface area contributed by atoms with Crippen LogP contribution in [-0.2, 0) is 35.6 Å². The maximum Gasteiger partial charge on any atom is 0.297 e. The van der Waals surface area contributed by atoms with Crippen molar-refractivity contribution in [1.82, 2.24) is 0 Å². The molecule has 0 aliphatic carbocycles. The van der Waals surface area contributed by atoms with Crippen LogP contribution in [0.2, 0.25) is 0 Å². The molecule has 0 atom stereocenters. The summed E-state index contributed by atoms with van der Waals surface area (Å²) in [6, 6.07) is 12.5. The van der Waals surface area contributed by atoms with E-state index in [4.69, 9.17) is 13.5 Å². The molecular formula is C19H24O7S2. The second kappa shape index (κ2) is 10.1. The van der Waals surface area contributed by atoms with E-state index in [1.165, 1.54) is 24.3 Å². The molecule has 0 radical (unpaired) electrons. The number of rotatable bonds is 11. The molecule has 9 heteroatoms. The Hall–Kier alpha value is -1.78. The number of hydrogen-bond acceptors (Lipinski definition) is 6. The highest BCUT2D eigenvalue weighted by Gasteiger charge is 2.14. The monoisotopic (exact) mass is 428 g/mol. The van der Waals surface area contributed by atoms with E-state index in [0.717, 1.165) is 30.4 Å². The van der Waals surface area contributed by atoms with Gasteiger partial charge < -0.3 is 4.74 Å². The first kappa shape index (κ1) is 22.5. The molecule has 0 saturated carbocycles. The van der Waals surface area contributed by atoms with Crippen LogP contribution >= 0.6 is 0 Å². The minimum absolute atomic E-state index is 0.0483. The zero-order valence-electron chi connectivity index (χ0n) is 15.6. The van der Waals surface area contributed by atoms with Gasteiger partial charge in [-0.05, 0) is 56.0 Å². The van der Waals surface area contributed by atoms with E-state index in [0.29, 0.717) is 6.61 Å². The topological polar surface area (TPSA) is 107 Å². The summed E-state index contributed by atoms with van der Waals surface area (Å²) in [4.78, 5) is -0.00158. The van der Waals surface area contributed by atoms with Crippen molar-refractivity contribution in [2.75, 3.05) is 19.8 Å². The molecule has 2 rings (SSSR count). The van der Waals surface area contributed by atoms with Crippen LogP contribution in [0.15, 0.2) is 58.3 Å². The van der Waals surface area contributed by atoms with E-state index in [9.17, 15) is 16.8 Å². The summed E-state index contributed by atoms with van der Waals surface area (Å²) >= 11 is 0. The lowest BCUT2D eigenvalue weighted by molar-refractivity contribution is 0.0994. The largest absolute Gasteiger partial charge is 0.379 e. The summed E-state index contributed by atoms with van der Waals surface area (Å²) in [5.41, 5.74) is 1.93. The van der Waals surface area contributed by atoms with Gasteiger partial charge in [0, 0.05) is 6.61 Å². The summed E-state index contributed by atoms with van der Waals surface area (Å²) in [7, 11) is -7.93. The van der Waals surface area contributed by atoms with E-state index in [1.807, 2.05) is 6.92 Å². The zero-order chi connectivity index (χ0) is 20.6. The lowest BCUT2D eigenvalue weighted by Crippen LogP contribution is -2.12. The lowest BCUT2D eigenvalue weighted by atomic mass is 10.1. The van der Waals surface area contributed by atoms with Crippen molar-refractivity contribution in [3.8, 4) is 0 Å². The Morgan fingerprint density at radius 2 is 1.39 bits per heavy atom. The Morgan fingerprint density at radius 1 is 0.786 bits per heavy atom. The number of hydrogen-bond donors (Lipinski definition) is 1. The average Bonchev–Trinajstić information content (AvgIpc) is 2.64. The van der Waals surface area contributed by atoms with E-state index in [2.05, 4.69) is 0 Å². The van der Waals surface area contributed by atoms with Crippen LogP contribution in [0, 0.1) is 6.92 Å². The molecule has 154 valence electrons. The van der Waals surface area contributed by atoms with Crippen LogP contribution in [0.4, 0.5) is 0 Å². The van der Waals surface area contributed by atoms with Gasteiger partial charge in [0.05, 0.1) is 23.0 Å². The third-order valence-electron chi connectivity index (χ3n) is 4.00. The number of aryl methyl sites for hydroxylation is 2. The van der Waals surface area contributed by atoms with Crippen molar-refractivity contribution in [1.29, 1.82) is 0 Å². The van der Waals surface area contributed by atoms with Crippen LogP contribution in [0.3, 0.4) is 0 Å². The van der Waals surface area contributed by atoms with Gasteiger partial charge in [0.25, 0.3) is 20.2 Å². The molecule has 2 aromatic carbocycles. The quantitative estimate of drug-likeness (QED) is 0.333.